The highest BCUT2D eigenvalue weighted by molar-refractivity contribution is 7.99. The summed E-state index contributed by atoms with van der Waals surface area (Å²) in [5, 5.41) is 72.5. The molecule has 0 aromatic heterocycles. The number of alkyl carbamates (subject to hydrolysis) is 2. The predicted octanol–water partition coefficient (Wildman–Crippen LogP) is 12.4. The van der Waals surface area contributed by atoms with E-state index >= 15 is 0 Å². The highest BCUT2D eigenvalue weighted by atomic mass is 32.2. The number of amides is 2. The van der Waals surface area contributed by atoms with Crippen LogP contribution >= 0.6 is 23.5 Å². The predicted molar refractivity (Wildman–Crippen MR) is 512 cm³/mol. The summed E-state index contributed by atoms with van der Waals surface area (Å²) in [6.07, 6.45) is -0.656. The number of likely N-dealkylation sites (N-methyl/N-ethyl adjacent to an activating group) is 2. The molecule has 14 atom stereocenters. The summed E-state index contributed by atoms with van der Waals surface area (Å²) in [5.41, 5.74) is 13.5. The molecule has 0 saturated carbocycles. The fourth-order valence-electron chi connectivity index (χ4n) is 23.0. The standard InChI is InChI=1S/C53H54N4O11S.C28H33N3O8.C25H23NO4S/c1-29-19-32-20-39-41(22-54)57-40(45(56(39)3)43(32)48(46(29)63-5)66-27-62-4)21-53(61)44(49-47(67-28-68-49)30(2)50(53)58)42(57)24-64-51(59)38(55-52(60)65-23-31-13-7-6-8-14-31)26-69-25-37-35-17-11-9-15-33(35)34-16-10-12-18-36(34)37;1-13-6-15-7-16-18(9-29)31-17(22(30(16)3)20(15)25(23(13)36-5)37-11-35-4)8-28(34)21(19(31)10-32)26-24(38-12-39-26)14(2)27(28)33;27-24(28)23(26-25(29)30-14-17-8-2-1-3-9-17)16-31-15-22-20-12-6-4-10-18(20)19-11-5-7-13-21(19)22/h6-19,37-42,45,61H,20-21,23-28H2,1-5H3,(H,55,60);6,16-19,22,32,34H,7-8,10-12H2,1-5H3;1-13,22-23H,14-16H2,(H,26,29)(H,27,28)/t38-,39+,40?,41+,42+,45+,53?;16-,17?,18-,19-,22-,28?;23-/m101/s1. The molecule has 4 bridgehead atoms. The maximum atomic E-state index is 14.7. The molecular weight excluding hydrogens is 1820 g/mol. The van der Waals surface area contributed by atoms with Gasteiger partial charge in [0.15, 0.2) is 82.4 Å². The molecule has 8 aromatic rings. The molecule has 4 aliphatic carbocycles. The number of ketones is 2. The maximum absolute atomic E-state index is 14.7. The van der Waals surface area contributed by atoms with Crippen LogP contribution in [0.3, 0.4) is 0 Å². The maximum Gasteiger partial charge on any atom is 0.408 e. The molecule has 2 amide bonds. The van der Waals surface area contributed by atoms with Crippen molar-refractivity contribution in [3.63, 3.8) is 0 Å². The molecule has 139 heavy (non-hydrogen) atoms. The molecule has 20 rings (SSSR count). The zero-order chi connectivity index (χ0) is 97.6. The van der Waals surface area contributed by atoms with E-state index in [2.05, 4.69) is 87.2 Å². The van der Waals surface area contributed by atoms with E-state index < -0.39 is 114 Å². The van der Waals surface area contributed by atoms with Crippen LogP contribution < -0.4 is 29.6 Å². The van der Waals surface area contributed by atoms with Gasteiger partial charge in [-0.2, -0.15) is 34.0 Å². The van der Waals surface area contributed by atoms with Crippen molar-refractivity contribution >= 4 is 59.2 Å². The average molecular weight is 1930 g/mol. The summed E-state index contributed by atoms with van der Waals surface area (Å²) in [6.45, 7) is 5.98. The number of fused-ring (bicyclic) bond motifs is 22. The van der Waals surface area contributed by atoms with Crippen molar-refractivity contribution in [1.82, 2.24) is 30.2 Å². The Labute approximate surface area is 813 Å². The Kier molecular flexibility index (Phi) is 28.2. The highest BCUT2D eigenvalue weighted by Crippen LogP contribution is 2.61. The van der Waals surface area contributed by atoms with Crippen molar-refractivity contribution in [3.8, 4) is 57.4 Å². The smallest absolute Gasteiger partial charge is 0.408 e. The molecule has 12 aliphatic rings. The molecular formula is C106H110N8O23S2. The van der Waals surface area contributed by atoms with Gasteiger partial charge in [0.2, 0.25) is 13.6 Å². The third kappa shape index (κ3) is 17.4. The summed E-state index contributed by atoms with van der Waals surface area (Å²) in [6, 6.07) is 52.6. The van der Waals surface area contributed by atoms with E-state index in [9.17, 15) is 59.7 Å². The summed E-state index contributed by atoms with van der Waals surface area (Å²) in [7, 11) is 10.1. The van der Waals surface area contributed by atoms with E-state index in [1.54, 1.807) is 35.2 Å². The number of aliphatic carboxylic acids is 1. The monoisotopic (exact) mass is 1930 g/mol. The number of methoxy groups -OCH3 is 4. The van der Waals surface area contributed by atoms with E-state index in [1.165, 1.54) is 75.1 Å². The normalized spacial score (nSPS) is 24.6. The van der Waals surface area contributed by atoms with Gasteiger partial charge in [-0.3, -0.25) is 29.2 Å². The van der Waals surface area contributed by atoms with Gasteiger partial charge in [0.05, 0.1) is 57.1 Å². The zero-order valence-electron chi connectivity index (χ0n) is 78.6. The largest absolute Gasteiger partial charge is 0.493 e. The third-order valence-electron chi connectivity index (χ3n) is 29.0. The van der Waals surface area contributed by atoms with Gasteiger partial charge < -0.3 is 92.6 Å². The lowest BCUT2D eigenvalue weighted by molar-refractivity contribution is -0.159. The van der Waals surface area contributed by atoms with Crippen molar-refractivity contribution in [2.45, 2.75) is 162 Å². The summed E-state index contributed by atoms with van der Waals surface area (Å²) >= 11 is 3.02. The second-order valence-electron chi connectivity index (χ2n) is 36.5. The SMILES string of the molecule is COCOc1c(OC)c(C)cc2c1[C@@H]1C3CC4(O)C(=O)C(C)=C5OCOC5=C4[C@H](CO)N3[C@@H](C#N)[C@H](C2)N1C.COCOc1c(OC)c(C)cc2c1[C@@H]1C3CC4(O)C(=O)C(C)=C5OCOC5=C4[C@H](COC(=O)[C@@H](CSCC4c5ccccc5-c5ccccc54)NC(=O)OCc4ccccc4)N3[C@@H](C#N)[C@H](C2)N1C.O=C(N[C@H](CSCC1c2ccccc2-c2ccccc21)C(=O)O)OCc1ccccc1. The van der Waals surface area contributed by atoms with Crippen LogP contribution in [0.1, 0.15) is 117 Å². The van der Waals surface area contributed by atoms with Crippen LogP contribution in [0.4, 0.5) is 9.59 Å². The van der Waals surface area contributed by atoms with E-state index in [4.69, 9.17) is 61.6 Å². The number of carbonyl (C=O) groups excluding carboxylic acids is 5. The molecule has 0 radical (unpaired) electrons. The number of hydrogen-bond donors (Lipinski definition) is 6. The molecule has 4 unspecified atom stereocenters. The number of hydrogen-bond acceptors (Lipinski definition) is 30. The Morgan fingerprint density at radius 1 is 0.504 bits per heavy atom. The van der Waals surface area contributed by atoms with Crippen LogP contribution in [-0.4, -0.2) is 253 Å². The topological polar surface area (TPSA) is 388 Å². The molecule has 0 spiro atoms. The Morgan fingerprint density at radius 3 is 1.27 bits per heavy atom. The van der Waals surface area contributed by atoms with Crippen molar-refractivity contribution in [3.05, 3.63) is 282 Å². The van der Waals surface area contributed by atoms with Gasteiger partial charge >= 0.3 is 24.1 Å². The molecule has 8 heterocycles. The lowest BCUT2D eigenvalue weighted by atomic mass is 9.65. The number of aliphatic hydroxyl groups is 3. The van der Waals surface area contributed by atoms with Crippen molar-refractivity contribution < 1.29 is 111 Å². The quantitative estimate of drug-likeness (QED) is 0.0158. The first-order valence-corrected chi connectivity index (χ1v) is 48.5. The number of esters is 1. The number of piperazine rings is 2. The van der Waals surface area contributed by atoms with Gasteiger partial charge in [-0.25, -0.2) is 19.2 Å². The molecule has 6 N–H and O–H groups in total. The second kappa shape index (κ2) is 40.6. The third-order valence-corrected chi connectivity index (χ3v) is 31.2. The fraction of sp³-hybridized carbons (Fsp3) is 0.396. The second-order valence-corrected chi connectivity index (χ2v) is 38.7. The van der Waals surface area contributed by atoms with Crippen LogP contribution in [0.25, 0.3) is 22.3 Å². The summed E-state index contributed by atoms with van der Waals surface area (Å²) in [4.78, 5) is 88.6. The number of piperidine rings is 2. The Balaban J connectivity index is 0.000000153. The van der Waals surface area contributed by atoms with Gasteiger partial charge in [0, 0.05) is 119 Å². The van der Waals surface area contributed by atoms with Crippen LogP contribution in [0.15, 0.2) is 215 Å². The number of thioether (sulfide) groups is 2. The number of carboxylic acid groups (broad SMARTS) is 1. The molecule has 8 aliphatic heterocycles. The number of aliphatic hydroxyl groups excluding tert-OH is 1. The van der Waals surface area contributed by atoms with Crippen LogP contribution in [0, 0.1) is 36.5 Å². The highest BCUT2D eigenvalue weighted by Gasteiger charge is 2.67. The molecule has 6 saturated heterocycles. The van der Waals surface area contributed by atoms with Gasteiger partial charge in [-0.15, -0.1) is 0 Å². The summed E-state index contributed by atoms with van der Waals surface area (Å²) < 4.78 is 75.1. The Bertz CT molecular complexity index is 6270. The molecule has 6 fully saturated rings. The number of benzene rings is 8. The lowest BCUT2D eigenvalue weighted by Gasteiger charge is -2.62. The van der Waals surface area contributed by atoms with Crippen LogP contribution in [0.5, 0.6) is 23.0 Å². The lowest BCUT2D eigenvalue weighted by Crippen LogP contribution is -2.74. The van der Waals surface area contributed by atoms with E-state index in [0.717, 1.165) is 50.3 Å². The number of carbonyl (C=O) groups is 6. The minimum absolute atomic E-state index is 0.00333. The number of carboxylic acids is 1. The first-order valence-electron chi connectivity index (χ1n) is 46.2. The minimum atomic E-state index is -2.15. The zero-order valence-corrected chi connectivity index (χ0v) is 80.2. The van der Waals surface area contributed by atoms with Crippen molar-refractivity contribution in [2.24, 2.45) is 0 Å². The van der Waals surface area contributed by atoms with E-state index in [0.29, 0.717) is 47.4 Å². The number of aryl methyl sites for hydroxylation is 2. The number of ether oxygens (including phenoxy) is 13. The number of nitrogens with one attached hydrogen (secondary N) is 2. The number of nitrogens with zero attached hydrogens (tertiary/aromatic N) is 6. The van der Waals surface area contributed by atoms with Crippen molar-refractivity contribution in [2.75, 3.05) is 106 Å². The van der Waals surface area contributed by atoms with Crippen LogP contribution in [-0.2, 0) is 87.9 Å². The molecule has 33 heteroatoms. The minimum Gasteiger partial charge on any atom is -0.493 e. The molecule has 8 aromatic carbocycles. The van der Waals surface area contributed by atoms with Gasteiger partial charge in [0.1, 0.15) is 44.0 Å². The van der Waals surface area contributed by atoms with Crippen LogP contribution in [0.2, 0.25) is 0 Å². The number of Topliss-reactive ketones (excluding diaryl/α,β-unsaturated/α-hetero) is 2. The van der Waals surface area contributed by atoms with Gasteiger partial charge in [-0.05, 0) is 133 Å². The first-order chi connectivity index (χ1) is 67.3. The first kappa shape index (κ1) is 96.5. The average Bonchev–Trinajstić information content (AvgIpc) is 1.38. The van der Waals surface area contributed by atoms with E-state index in [-0.39, 0.29) is 134 Å². The Hall–Kier alpha value is -12.7. The number of nitriles is 2. The number of rotatable bonds is 27. The van der Waals surface area contributed by atoms with Gasteiger partial charge in [0.25, 0.3) is 0 Å². The molecule has 31 nitrogen and oxygen atoms in total. The van der Waals surface area contributed by atoms with E-state index in [1.807, 2.05) is 153 Å². The van der Waals surface area contributed by atoms with Crippen molar-refractivity contribution in [1.29, 1.82) is 10.5 Å². The Morgan fingerprint density at radius 2 is 0.878 bits per heavy atom. The fourth-order valence-corrected chi connectivity index (χ4v) is 25.4. The van der Waals surface area contributed by atoms with Gasteiger partial charge in [-0.1, -0.05) is 170 Å². The molecule has 724 valence electrons. The summed E-state index contributed by atoms with van der Waals surface area (Å²) in [5.74, 6) is 2.17.